The highest BCUT2D eigenvalue weighted by Crippen LogP contribution is 2.40. The smallest absolute Gasteiger partial charge is 0.272 e. The maximum absolute atomic E-state index is 12.5. The van der Waals surface area contributed by atoms with Gasteiger partial charge in [0.1, 0.15) is 5.82 Å². The molecule has 1 amide bonds. The van der Waals surface area contributed by atoms with Crippen molar-refractivity contribution in [3.05, 3.63) is 35.9 Å². The normalized spacial score (nSPS) is 20.2. The van der Waals surface area contributed by atoms with Crippen molar-refractivity contribution in [3.63, 3.8) is 0 Å². The highest BCUT2D eigenvalue weighted by molar-refractivity contribution is 5.99. The summed E-state index contributed by atoms with van der Waals surface area (Å²) in [6, 6.07) is 5.89. The quantitative estimate of drug-likeness (QED) is 0.934. The summed E-state index contributed by atoms with van der Waals surface area (Å²) in [6.45, 7) is 4.18. The summed E-state index contributed by atoms with van der Waals surface area (Å²) in [7, 11) is 0. The molecule has 21 heavy (non-hydrogen) atoms. The van der Waals surface area contributed by atoms with Gasteiger partial charge in [-0.1, -0.05) is 13.0 Å². The van der Waals surface area contributed by atoms with Crippen LogP contribution < -0.4 is 5.32 Å². The summed E-state index contributed by atoms with van der Waals surface area (Å²) < 4.78 is 7.28. The zero-order valence-corrected chi connectivity index (χ0v) is 12.1. The van der Waals surface area contributed by atoms with Crippen LogP contribution in [0.15, 0.2) is 24.4 Å². The number of aromatic nitrogens is 2. The molecular weight excluding hydrogens is 266 g/mol. The Morgan fingerprint density at radius 3 is 2.95 bits per heavy atom. The number of nitrogens with one attached hydrogen (secondary N) is 1. The van der Waals surface area contributed by atoms with Gasteiger partial charge in [-0.3, -0.25) is 4.79 Å². The number of hydrogen-bond donors (Lipinski definition) is 1. The van der Waals surface area contributed by atoms with Crippen molar-refractivity contribution in [2.24, 2.45) is 5.41 Å². The summed E-state index contributed by atoms with van der Waals surface area (Å²) in [4.78, 5) is 17.1. The standard InChI is InChI=1S/C16H19N3O2/c1-16(9-21-10-16)8-17-15(20)13-12-4-2-3-7-19(12)14(18-13)11-5-6-11/h2-4,7,11H,5-6,8-10H2,1H3,(H,17,20). The van der Waals surface area contributed by atoms with Crippen LogP contribution in [0.4, 0.5) is 0 Å². The van der Waals surface area contributed by atoms with Crippen LogP contribution in [0.1, 0.15) is 42.0 Å². The summed E-state index contributed by atoms with van der Waals surface area (Å²) in [6.07, 6.45) is 4.34. The fourth-order valence-electron chi connectivity index (χ4n) is 2.79. The molecule has 2 aliphatic rings. The molecule has 4 rings (SSSR count). The molecule has 2 fully saturated rings. The first-order valence-electron chi connectivity index (χ1n) is 7.49. The van der Waals surface area contributed by atoms with Crippen LogP contribution in [-0.4, -0.2) is 35.1 Å². The van der Waals surface area contributed by atoms with E-state index >= 15 is 0 Å². The number of carbonyl (C=O) groups excluding carboxylic acids is 1. The summed E-state index contributed by atoms with van der Waals surface area (Å²) in [5.74, 6) is 1.45. The topological polar surface area (TPSA) is 55.6 Å². The Bertz CT molecular complexity index is 699. The SMILES string of the molecule is CC1(CNC(=O)c2nc(C3CC3)n3ccccc23)COC1. The minimum Gasteiger partial charge on any atom is -0.380 e. The van der Waals surface area contributed by atoms with E-state index in [-0.39, 0.29) is 11.3 Å². The number of pyridine rings is 1. The van der Waals surface area contributed by atoms with Gasteiger partial charge in [0.2, 0.25) is 0 Å². The molecule has 5 nitrogen and oxygen atoms in total. The van der Waals surface area contributed by atoms with Crippen molar-refractivity contribution in [3.8, 4) is 0 Å². The van der Waals surface area contributed by atoms with Crippen LogP contribution in [-0.2, 0) is 4.74 Å². The van der Waals surface area contributed by atoms with Crippen LogP contribution in [0.5, 0.6) is 0 Å². The summed E-state index contributed by atoms with van der Waals surface area (Å²) in [5, 5.41) is 3.01. The minimum absolute atomic E-state index is 0.0739. The average molecular weight is 285 g/mol. The lowest BCUT2D eigenvalue weighted by Crippen LogP contribution is -2.48. The van der Waals surface area contributed by atoms with E-state index in [1.807, 2.05) is 24.4 Å². The zero-order chi connectivity index (χ0) is 14.4. The summed E-state index contributed by atoms with van der Waals surface area (Å²) in [5.41, 5.74) is 1.51. The number of nitrogens with zero attached hydrogens (tertiary/aromatic N) is 2. The third kappa shape index (κ3) is 2.21. The minimum atomic E-state index is -0.0845. The second kappa shape index (κ2) is 4.56. The molecule has 110 valence electrons. The largest absolute Gasteiger partial charge is 0.380 e. The predicted molar refractivity (Wildman–Crippen MR) is 78.4 cm³/mol. The molecule has 0 unspecified atom stereocenters. The molecule has 1 aliphatic heterocycles. The monoisotopic (exact) mass is 285 g/mol. The molecule has 0 radical (unpaired) electrons. The Labute approximate surface area is 123 Å². The van der Waals surface area contributed by atoms with E-state index in [1.165, 1.54) is 12.8 Å². The van der Waals surface area contributed by atoms with Crippen LogP contribution in [0.3, 0.4) is 0 Å². The van der Waals surface area contributed by atoms with Crippen molar-refractivity contribution in [1.82, 2.24) is 14.7 Å². The highest BCUT2D eigenvalue weighted by Gasteiger charge is 2.34. The van der Waals surface area contributed by atoms with Crippen LogP contribution in [0.25, 0.3) is 5.52 Å². The number of imidazole rings is 1. The Morgan fingerprint density at radius 1 is 1.48 bits per heavy atom. The van der Waals surface area contributed by atoms with Crippen molar-refractivity contribution >= 4 is 11.4 Å². The molecule has 5 heteroatoms. The van der Waals surface area contributed by atoms with Gasteiger partial charge in [0.25, 0.3) is 5.91 Å². The molecule has 1 saturated heterocycles. The lowest BCUT2D eigenvalue weighted by Gasteiger charge is -2.37. The van der Waals surface area contributed by atoms with Gasteiger partial charge in [0.05, 0.1) is 18.7 Å². The van der Waals surface area contributed by atoms with Crippen molar-refractivity contribution in [2.45, 2.75) is 25.7 Å². The highest BCUT2D eigenvalue weighted by atomic mass is 16.5. The molecule has 0 bridgehead atoms. The maximum Gasteiger partial charge on any atom is 0.272 e. The third-order valence-electron chi connectivity index (χ3n) is 4.31. The van der Waals surface area contributed by atoms with E-state index in [4.69, 9.17) is 4.74 Å². The van der Waals surface area contributed by atoms with Gasteiger partial charge >= 0.3 is 0 Å². The molecule has 1 saturated carbocycles. The van der Waals surface area contributed by atoms with Gasteiger partial charge in [-0.05, 0) is 25.0 Å². The number of hydrogen-bond acceptors (Lipinski definition) is 3. The Hall–Kier alpha value is -1.88. The molecule has 2 aromatic rings. The van der Waals surface area contributed by atoms with Gasteiger partial charge in [0.15, 0.2) is 5.69 Å². The van der Waals surface area contributed by atoms with E-state index in [0.717, 1.165) is 11.3 Å². The molecule has 1 N–H and O–H groups in total. The van der Waals surface area contributed by atoms with E-state index in [1.54, 1.807) is 0 Å². The molecule has 3 heterocycles. The second-order valence-electron chi connectivity index (χ2n) is 6.53. The van der Waals surface area contributed by atoms with Gasteiger partial charge in [-0.15, -0.1) is 0 Å². The Kier molecular flexibility index (Phi) is 2.79. The number of ether oxygens (including phenoxy) is 1. The van der Waals surface area contributed by atoms with Crippen LogP contribution in [0, 0.1) is 5.41 Å². The molecule has 0 spiro atoms. The third-order valence-corrected chi connectivity index (χ3v) is 4.31. The van der Waals surface area contributed by atoms with Gasteiger partial charge < -0.3 is 14.5 Å². The fourth-order valence-corrected chi connectivity index (χ4v) is 2.79. The molecule has 2 aromatic heterocycles. The first kappa shape index (κ1) is 12.8. The Balaban J connectivity index is 1.61. The lowest BCUT2D eigenvalue weighted by molar-refractivity contribution is -0.0978. The van der Waals surface area contributed by atoms with E-state index in [9.17, 15) is 4.79 Å². The second-order valence-corrected chi connectivity index (χ2v) is 6.53. The van der Waals surface area contributed by atoms with Crippen molar-refractivity contribution < 1.29 is 9.53 Å². The average Bonchev–Trinajstić information content (AvgIpc) is 3.23. The number of carbonyl (C=O) groups is 1. The van der Waals surface area contributed by atoms with E-state index in [2.05, 4.69) is 21.6 Å². The molecule has 1 aliphatic carbocycles. The Morgan fingerprint density at radius 2 is 2.29 bits per heavy atom. The molecule has 0 aromatic carbocycles. The van der Waals surface area contributed by atoms with E-state index in [0.29, 0.717) is 31.4 Å². The molecular formula is C16H19N3O2. The summed E-state index contributed by atoms with van der Waals surface area (Å²) >= 11 is 0. The predicted octanol–water partition coefficient (Wildman–Crippen LogP) is 1.98. The number of amides is 1. The first-order valence-corrected chi connectivity index (χ1v) is 7.49. The first-order chi connectivity index (χ1) is 10.2. The van der Waals surface area contributed by atoms with Crippen LogP contribution in [0.2, 0.25) is 0 Å². The van der Waals surface area contributed by atoms with E-state index < -0.39 is 0 Å². The number of fused-ring (bicyclic) bond motifs is 1. The van der Waals surface area contributed by atoms with Crippen LogP contribution >= 0.6 is 0 Å². The number of rotatable bonds is 4. The lowest BCUT2D eigenvalue weighted by atomic mass is 9.89. The fraction of sp³-hybridized carbons (Fsp3) is 0.500. The maximum atomic E-state index is 12.5. The van der Waals surface area contributed by atoms with Crippen molar-refractivity contribution in [2.75, 3.05) is 19.8 Å². The van der Waals surface area contributed by atoms with Gasteiger partial charge in [0, 0.05) is 24.1 Å². The van der Waals surface area contributed by atoms with Gasteiger partial charge in [-0.25, -0.2) is 4.98 Å². The molecule has 0 atom stereocenters. The van der Waals surface area contributed by atoms with Crippen molar-refractivity contribution in [1.29, 1.82) is 0 Å². The zero-order valence-electron chi connectivity index (χ0n) is 12.1. The van der Waals surface area contributed by atoms with Gasteiger partial charge in [-0.2, -0.15) is 0 Å².